The number of aromatic nitrogens is 1. The van der Waals surface area contributed by atoms with Crippen molar-refractivity contribution in [1.82, 2.24) is 4.98 Å². The molecule has 0 radical (unpaired) electrons. The zero-order chi connectivity index (χ0) is 18.7. The Morgan fingerprint density at radius 3 is 2.88 bits per heavy atom. The lowest BCUT2D eigenvalue weighted by Gasteiger charge is -2.30. The monoisotopic (exact) mass is 384 g/mol. The summed E-state index contributed by atoms with van der Waals surface area (Å²) in [5, 5.41) is 10.4. The van der Waals surface area contributed by atoms with Gasteiger partial charge < -0.3 is 5.73 Å². The molecule has 5 nitrogen and oxygen atoms in total. The van der Waals surface area contributed by atoms with Crippen LogP contribution in [0.5, 0.6) is 0 Å². The topological polar surface area (TPSA) is 92.1 Å². The number of hydrogen-bond donors (Lipinski definition) is 1. The number of ketones is 1. The molecule has 132 valence electrons. The van der Waals surface area contributed by atoms with Gasteiger partial charge in [-0.05, 0) is 48.7 Å². The summed E-state index contributed by atoms with van der Waals surface area (Å²) in [4.78, 5) is 21.2. The molecule has 1 aromatic heterocycles. The summed E-state index contributed by atoms with van der Waals surface area (Å²) in [5.41, 5.74) is 7.92. The fourth-order valence-electron chi connectivity index (χ4n) is 2.88. The lowest BCUT2D eigenvalue weighted by atomic mass is 9.87. The maximum Gasteiger partial charge on any atom is 0.185 e. The minimum Gasteiger partial charge on any atom is -0.379 e. The van der Waals surface area contributed by atoms with Gasteiger partial charge in [-0.15, -0.1) is 0 Å². The fraction of sp³-hybridized carbons (Fsp3) is 0.263. The van der Waals surface area contributed by atoms with Crippen molar-refractivity contribution in [1.29, 1.82) is 5.26 Å². The molecule has 1 atom stereocenters. The number of thioether (sulfide) groups is 1. The van der Waals surface area contributed by atoms with Gasteiger partial charge >= 0.3 is 0 Å². The molecule has 0 aliphatic carbocycles. The first-order chi connectivity index (χ1) is 12.4. The third kappa shape index (κ3) is 4.06. The quantitative estimate of drug-likeness (QED) is 0.811. The van der Waals surface area contributed by atoms with Crippen molar-refractivity contribution in [3.63, 3.8) is 0 Å². The predicted molar refractivity (Wildman–Crippen MR) is 104 cm³/mol. The summed E-state index contributed by atoms with van der Waals surface area (Å²) in [6.45, 7) is 2.00. The van der Waals surface area contributed by atoms with Crippen LogP contribution in [-0.4, -0.2) is 21.7 Å². The van der Waals surface area contributed by atoms with Crippen LogP contribution in [0, 0.1) is 11.3 Å². The Morgan fingerprint density at radius 2 is 2.23 bits per heavy atom. The number of carbonyl (C=O) groups excluding carboxylic acids is 1. The van der Waals surface area contributed by atoms with Gasteiger partial charge in [0.25, 0.3) is 0 Å². The molecule has 1 unspecified atom stereocenters. The van der Waals surface area contributed by atoms with Crippen LogP contribution in [0.4, 0.5) is 0 Å². The summed E-state index contributed by atoms with van der Waals surface area (Å²) < 4.78 is 0. The molecule has 2 N–H and O–H groups in total. The molecule has 0 fully saturated rings. The van der Waals surface area contributed by atoms with E-state index in [2.05, 4.69) is 16.0 Å². The van der Waals surface area contributed by atoms with Gasteiger partial charge in [-0.25, -0.2) is 0 Å². The number of Topliss-reactive ketones (excluding diaryl/α,β-unsaturated/α-hetero) is 1. The maximum absolute atomic E-state index is 12.5. The Labute approximate surface area is 161 Å². The minimum atomic E-state index is -0.488. The highest BCUT2D eigenvalue weighted by molar-refractivity contribution is 8.13. The molecule has 1 aliphatic rings. The average Bonchev–Trinajstić information content (AvgIpc) is 2.61. The van der Waals surface area contributed by atoms with Crippen LogP contribution in [0.15, 0.2) is 41.5 Å². The molecule has 0 bridgehead atoms. The maximum atomic E-state index is 12.5. The summed E-state index contributed by atoms with van der Waals surface area (Å²) in [6, 6.07) is 10.9. The number of nitriles is 1. The summed E-state index contributed by atoms with van der Waals surface area (Å²) >= 11 is 7.34. The number of nitrogens with two attached hydrogens (primary N) is 1. The van der Waals surface area contributed by atoms with Crippen LogP contribution in [0.2, 0.25) is 5.02 Å². The first-order valence-corrected chi connectivity index (χ1v) is 9.43. The van der Waals surface area contributed by atoms with Gasteiger partial charge in [0.1, 0.15) is 5.69 Å². The second-order valence-electron chi connectivity index (χ2n) is 6.31. The van der Waals surface area contributed by atoms with Crippen LogP contribution < -0.4 is 5.73 Å². The van der Waals surface area contributed by atoms with Crippen molar-refractivity contribution in [2.75, 3.05) is 5.75 Å². The van der Waals surface area contributed by atoms with Gasteiger partial charge in [0.2, 0.25) is 0 Å². The van der Waals surface area contributed by atoms with Crippen molar-refractivity contribution in [2.24, 2.45) is 10.7 Å². The van der Waals surface area contributed by atoms with E-state index in [1.165, 1.54) is 18.0 Å². The lowest BCUT2D eigenvalue weighted by molar-refractivity contribution is 0.0988. The highest BCUT2D eigenvalue weighted by Gasteiger charge is 2.30. The number of aliphatic imine (C=N–C) groups is 1. The highest BCUT2D eigenvalue weighted by Crippen LogP contribution is 2.36. The third-order valence-electron chi connectivity index (χ3n) is 4.32. The number of pyridine rings is 1. The number of halogens is 1. The largest absolute Gasteiger partial charge is 0.379 e. The van der Waals surface area contributed by atoms with Crippen LogP contribution >= 0.6 is 23.4 Å². The second kappa shape index (κ2) is 7.48. The SMILES string of the molecule is CC1(c2cc(C#N)cc(CC(=O)c3ccc(Cl)cn3)c2)CCSC(N)=N1. The molecule has 3 rings (SSSR count). The van der Waals surface area contributed by atoms with Crippen LogP contribution in [0.3, 0.4) is 0 Å². The van der Waals surface area contributed by atoms with Crippen LogP contribution in [0.1, 0.15) is 40.5 Å². The number of nitrogens with zero attached hydrogens (tertiary/aromatic N) is 3. The van der Waals surface area contributed by atoms with E-state index in [-0.39, 0.29) is 12.2 Å². The second-order valence-corrected chi connectivity index (χ2v) is 7.87. The normalized spacial score (nSPS) is 19.5. The molecule has 1 aliphatic heterocycles. The Bertz CT molecular complexity index is 920. The van der Waals surface area contributed by atoms with E-state index in [9.17, 15) is 10.1 Å². The highest BCUT2D eigenvalue weighted by atomic mass is 35.5. The van der Waals surface area contributed by atoms with Crippen molar-refractivity contribution < 1.29 is 4.79 Å². The van der Waals surface area contributed by atoms with E-state index in [0.29, 0.717) is 21.4 Å². The van der Waals surface area contributed by atoms with Gasteiger partial charge in [0.05, 0.1) is 22.2 Å². The van der Waals surface area contributed by atoms with Crippen LogP contribution in [0.25, 0.3) is 0 Å². The van der Waals surface area contributed by atoms with E-state index in [0.717, 1.165) is 23.3 Å². The smallest absolute Gasteiger partial charge is 0.185 e. The lowest BCUT2D eigenvalue weighted by Crippen LogP contribution is -2.29. The third-order valence-corrected chi connectivity index (χ3v) is 5.34. The van der Waals surface area contributed by atoms with Crippen molar-refractivity contribution in [3.8, 4) is 6.07 Å². The summed E-state index contributed by atoms with van der Waals surface area (Å²) in [6.07, 6.45) is 2.42. The Balaban J connectivity index is 1.93. The zero-order valence-corrected chi connectivity index (χ0v) is 15.8. The average molecular weight is 385 g/mol. The van der Waals surface area contributed by atoms with Crippen LogP contribution in [-0.2, 0) is 12.0 Å². The van der Waals surface area contributed by atoms with Crippen molar-refractivity contribution >= 4 is 34.3 Å². The molecule has 7 heteroatoms. The van der Waals surface area contributed by atoms with E-state index in [4.69, 9.17) is 17.3 Å². The number of benzene rings is 1. The number of carbonyl (C=O) groups is 1. The number of hydrogen-bond acceptors (Lipinski definition) is 6. The van der Waals surface area contributed by atoms with Gasteiger partial charge in [-0.3, -0.25) is 14.8 Å². The Morgan fingerprint density at radius 1 is 1.42 bits per heavy atom. The van der Waals surface area contributed by atoms with E-state index in [1.54, 1.807) is 18.2 Å². The molecule has 0 spiro atoms. The van der Waals surface area contributed by atoms with Gasteiger partial charge in [0.15, 0.2) is 11.0 Å². The summed E-state index contributed by atoms with van der Waals surface area (Å²) in [5.74, 6) is 0.737. The Hall–Kier alpha value is -2.36. The molecular formula is C19H17ClN4OS. The predicted octanol–water partition coefficient (Wildman–Crippen LogP) is 3.70. The standard InChI is InChI=1S/C19H17ClN4OS/c1-19(4-5-26-18(22)24-19)14-7-12(6-13(8-14)10-21)9-17(25)16-3-2-15(20)11-23-16/h2-3,6-8,11H,4-5,9H2,1H3,(H2,22,24). The van der Waals surface area contributed by atoms with Crippen molar-refractivity contribution in [2.45, 2.75) is 25.3 Å². The first-order valence-electron chi connectivity index (χ1n) is 8.07. The van der Waals surface area contributed by atoms with Gasteiger partial charge in [0, 0.05) is 18.4 Å². The minimum absolute atomic E-state index is 0.130. The van der Waals surface area contributed by atoms with E-state index < -0.39 is 5.54 Å². The van der Waals surface area contributed by atoms with Crippen molar-refractivity contribution in [3.05, 3.63) is 63.9 Å². The van der Waals surface area contributed by atoms with Gasteiger partial charge in [-0.2, -0.15) is 5.26 Å². The van der Waals surface area contributed by atoms with E-state index >= 15 is 0 Å². The molecular weight excluding hydrogens is 368 g/mol. The fourth-order valence-corrected chi connectivity index (χ4v) is 3.97. The van der Waals surface area contributed by atoms with E-state index in [1.807, 2.05) is 19.1 Å². The summed E-state index contributed by atoms with van der Waals surface area (Å²) in [7, 11) is 0. The number of rotatable bonds is 4. The molecule has 26 heavy (non-hydrogen) atoms. The number of amidine groups is 1. The molecule has 2 aromatic rings. The molecule has 0 saturated carbocycles. The molecule has 0 saturated heterocycles. The zero-order valence-electron chi connectivity index (χ0n) is 14.2. The first kappa shape index (κ1) is 18.4. The van der Waals surface area contributed by atoms with Gasteiger partial charge in [-0.1, -0.05) is 29.4 Å². The molecule has 0 amide bonds. The molecule has 2 heterocycles. The Kier molecular flexibility index (Phi) is 5.30. The molecule has 1 aromatic carbocycles.